The summed E-state index contributed by atoms with van der Waals surface area (Å²) in [5.74, 6) is 1.38. The Morgan fingerprint density at radius 2 is 1.88 bits per heavy atom. The molecule has 0 unspecified atom stereocenters. The Morgan fingerprint density at radius 1 is 1.25 bits per heavy atom. The molecule has 0 heterocycles. The molecule has 1 aromatic rings. The fourth-order valence-corrected chi connectivity index (χ4v) is 2.44. The first-order valence-electron chi connectivity index (χ1n) is 5.54. The molecule has 0 aromatic heterocycles. The molecule has 1 fully saturated rings. The van der Waals surface area contributed by atoms with Crippen LogP contribution in [-0.4, -0.2) is 6.61 Å². The molecule has 16 heavy (non-hydrogen) atoms. The van der Waals surface area contributed by atoms with Crippen molar-refractivity contribution in [2.45, 2.75) is 25.7 Å². The first kappa shape index (κ1) is 11.9. The molecule has 2 rings (SSSR count). The third-order valence-electron chi connectivity index (χ3n) is 3.02. The summed E-state index contributed by atoms with van der Waals surface area (Å²) in [6, 6.07) is 3.32. The summed E-state index contributed by atoms with van der Waals surface area (Å²) in [5.41, 5.74) is 6.17. The molecule has 0 bridgehead atoms. The monoisotopic (exact) mass is 259 g/mol. The molecule has 1 aliphatic carbocycles. The summed E-state index contributed by atoms with van der Waals surface area (Å²) >= 11 is 12.0. The first-order valence-corrected chi connectivity index (χ1v) is 6.29. The van der Waals surface area contributed by atoms with Crippen molar-refractivity contribution in [2.24, 2.45) is 5.92 Å². The standard InChI is InChI=1S/C12H15Cl2NO/c13-10-6-9(15)7-11(14)12(10)16-5-4-8-2-1-3-8/h6-8H,1-5,15H2. The summed E-state index contributed by atoms with van der Waals surface area (Å²) in [6.45, 7) is 0.675. The van der Waals surface area contributed by atoms with Crippen LogP contribution in [0.3, 0.4) is 0 Å². The number of nitrogens with two attached hydrogens (primary N) is 1. The highest BCUT2D eigenvalue weighted by Gasteiger charge is 2.17. The van der Waals surface area contributed by atoms with Gasteiger partial charge in [-0.25, -0.2) is 0 Å². The summed E-state index contributed by atoms with van der Waals surface area (Å²) in [7, 11) is 0. The largest absolute Gasteiger partial charge is 0.490 e. The fraction of sp³-hybridized carbons (Fsp3) is 0.500. The zero-order chi connectivity index (χ0) is 11.5. The molecule has 0 aliphatic heterocycles. The Kier molecular flexibility index (Phi) is 3.82. The minimum Gasteiger partial charge on any atom is -0.490 e. The molecule has 0 saturated heterocycles. The molecule has 88 valence electrons. The van der Waals surface area contributed by atoms with Gasteiger partial charge in [0.2, 0.25) is 0 Å². The van der Waals surface area contributed by atoms with Gasteiger partial charge in [0.1, 0.15) is 0 Å². The average Bonchev–Trinajstić information content (AvgIpc) is 2.12. The molecular weight excluding hydrogens is 245 g/mol. The fourth-order valence-electron chi connectivity index (χ4n) is 1.83. The number of hydrogen-bond acceptors (Lipinski definition) is 2. The van der Waals surface area contributed by atoms with E-state index in [2.05, 4.69) is 0 Å². The van der Waals surface area contributed by atoms with Crippen LogP contribution in [-0.2, 0) is 0 Å². The Morgan fingerprint density at radius 3 is 2.38 bits per heavy atom. The Labute approximate surface area is 106 Å². The number of benzene rings is 1. The van der Waals surface area contributed by atoms with Crippen molar-refractivity contribution in [1.29, 1.82) is 0 Å². The first-order chi connectivity index (χ1) is 7.66. The lowest BCUT2D eigenvalue weighted by atomic mass is 9.83. The lowest BCUT2D eigenvalue weighted by Crippen LogP contribution is -2.14. The van der Waals surface area contributed by atoms with Crippen molar-refractivity contribution in [3.63, 3.8) is 0 Å². The maximum atomic E-state index is 6.01. The molecule has 1 aliphatic rings. The van der Waals surface area contributed by atoms with Crippen molar-refractivity contribution in [3.8, 4) is 5.75 Å². The van der Waals surface area contributed by atoms with Crippen LogP contribution in [0.25, 0.3) is 0 Å². The summed E-state index contributed by atoms with van der Waals surface area (Å²) < 4.78 is 5.61. The van der Waals surface area contributed by atoms with Gasteiger partial charge >= 0.3 is 0 Å². The zero-order valence-corrected chi connectivity index (χ0v) is 10.5. The summed E-state index contributed by atoms with van der Waals surface area (Å²) in [4.78, 5) is 0. The predicted molar refractivity (Wildman–Crippen MR) is 68.3 cm³/mol. The van der Waals surface area contributed by atoms with Crippen LogP contribution in [0.1, 0.15) is 25.7 Å². The van der Waals surface area contributed by atoms with Crippen LogP contribution in [0.15, 0.2) is 12.1 Å². The zero-order valence-electron chi connectivity index (χ0n) is 9.01. The second-order valence-electron chi connectivity index (χ2n) is 4.25. The van der Waals surface area contributed by atoms with Crippen molar-refractivity contribution in [3.05, 3.63) is 22.2 Å². The van der Waals surface area contributed by atoms with Gasteiger partial charge in [-0.05, 0) is 24.5 Å². The van der Waals surface area contributed by atoms with Crippen molar-refractivity contribution in [2.75, 3.05) is 12.3 Å². The average molecular weight is 260 g/mol. The number of hydrogen-bond donors (Lipinski definition) is 1. The van der Waals surface area contributed by atoms with Gasteiger partial charge in [-0.2, -0.15) is 0 Å². The molecule has 4 heteroatoms. The lowest BCUT2D eigenvalue weighted by Gasteiger charge is -2.25. The van der Waals surface area contributed by atoms with Gasteiger partial charge in [-0.1, -0.05) is 42.5 Å². The van der Waals surface area contributed by atoms with Gasteiger partial charge in [0.05, 0.1) is 16.7 Å². The van der Waals surface area contributed by atoms with Gasteiger partial charge in [0, 0.05) is 5.69 Å². The van der Waals surface area contributed by atoms with Gasteiger partial charge in [-0.15, -0.1) is 0 Å². The van der Waals surface area contributed by atoms with E-state index in [-0.39, 0.29) is 0 Å². The molecule has 2 nitrogen and oxygen atoms in total. The van der Waals surface area contributed by atoms with Crippen molar-refractivity contribution in [1.82, 2.24) is 0 Å². The minimum atomic E-state index is 0.485. The number of ether oxygens (including phenoxy) is 1. The van der Waals surface area contributed by atoms with E-state index in [1.807, 2.05) is 0 Å². The number of anilines is 1. The third-order valence-corrected chi connectivity index (χ3v) is 3.58. The maximum Gasteiger partial charge on any atom is 0.156 e. The van der Waals surface area contributed by atoms with Crippen molar-refractivity contribution >= 4 is 28.9 Å². The molecular formula is C12H15Cl2NO. The smallest absolute Gasteiger partial charge is 0.156 e. The highest BCUT2D eigenvalue weighted by Crippen LogP contribution is 2.36. The van der Waals surface area contributed by atoms with Crippen LogP contribution in [0, 0.1) is 5.92 Å². The van der Waals surface area contributed by atoms with E-state index in [4.69, 9.17) is 33.7 Å². The van der Waals surface area contributed by atoms with Crippen LogP contribution < -0.4 is 10.5 Å². The van der Waals surface area contributed by atoms with E-state index in [0.717, 1.165) is 12.3 Å². The highest BCUT2D eigenvalue weighted by atomic mass is 35.5. The lowest BCUT2D eigenvalue weighted by molar-refractivity contribution is 0.222. The number of rotatable bonds is 4. The van der Waals surface area contributed by atoms with Crippen LogP contribution in [0.2, 0.25) is 10.0 Å². The van der Waals surface area contributed by atoms with Gasteiger partial charge < -0.3 is 10.5 Å². The molecule has 0 radical (unpaired) electrons. The van der Waals surface area contributed by atoms with E-state index >= 15 is 0 Å². The van der Waals surface area contributed by atoms with Gasteiger partial charge in [0.25, 0.3) is 0 Å². The van der Waals surface area contributed by atoms with Crippen molar-refractivity contribution < 1.29 is 4.74 Å². The highest BCUT2D eigenvalue weighted by molar-refractivity contribution is 6.37. The number of nitrogen functional groups attached to an aromatic ring is 1. The molecule has 1 aromatic carbocycles. The second kappa shape index (κ2) is 5.15. The van der Waals surface area contributed by atoms with Crippen LogP contribution in [0.4, 0.5) is 5.69 Å². The van der Waals surface area contributed by atoms with E-state index in [0.29, 0.717) is 28.1 Å². The molecule has 0 spiro atoms. The molecule has 0 amide bonds. The van der Waals surface area contributed by atoms with Gasteiger partial charge in [-0.3, -0.25) is 0 Å². The van der Waals surface area contributed by atoms with Crippen LogP contribution >= 0.6 is 23.2 Å². The Balaban J connectivity index is 1.92. The number of halogens is 2. The third kappa shape index (κ3) is 2.74. The maximum absolute atomic E-state index is 6.01. The van der Waals surface area contributed by atoms with E-state index in [1.165, 1.54) is 19.3 Å². The Hall–Kier alpha value is -0.600. The van der Waals surface area contributed by atoms with E-state index < -0.39 is 0 Å². The van der Waals surface area contributed by atoms with E-state index in [9.17, 15) is 0 Å². The van der Waals surface area contributed by atoms with Crippen LogP contribution in [0.5, 0.6) is 5.75 Å². The normalized spacial score (nSPS) is 15.9. The minimum absolute atomic E-state index is 0.485. The summed E-state index contributed by atoms with van der Waals surface area (Å²) in [5, 5.41) is 0.970. The molecule has 1 saturated carbocycles. The Bertz CT molecular complexity index is 354. The molecule has 0 atom stereocenters. The predicted octanol–water partition coefficient (Wildman–Crippen LogP) is 4.14. The van der Waals surface area contributed by atoms with E-state index in [1.54, 1.807) is 12.1 Å². The SMILES string of the molecule is Nc1cc(Cl)c(OCCC2CCC2)c(Cl)c1. The quantitative estimate of drug-likeness (QED) is 0.825. The van der Waals surface area contributed by atoms with Gasteiger partial charge in [0.15, 0.2) is 5.75 Å². The topological polar surface area (TPSA) is 35.2 Å². The molecule has 2 N–H and O–H groups in total. The second-order valence-corrected chi connectivity index (χ2v) is 5.06. The summed E-state index contributed by atoms with van der Waals surface area (Å²) in [6.07, 6.45) is 5.09.